The molecule has 1 saturated carbocycles. The zero-order valence-corrected chi connectivity index (χ0v) is 49.0. The van der Waals surface area contributed by atoms with Crippen LogP contribution in [0.1, 0.15) is 154 Å². The van der Waals surface area contributed by atoms with Gasteiger partial charge in [-0.1, -0.05) is 87.0 Å². The largest absolute Gasteiger partial charge is 0.456 e. The SMILES string of the molecule is CC[C@@H]1/C=C(\C)C[C@H](C)CC(OC)[C@H]2O[C@@](O)(C(=O)C(=O)N3CCCC[C@H]3C(=O)O[C@H](/C(C)=C/[C@@H]3CC[C@@H](O[Si](C)(C)C(C)(C)C)[C@H](OC)C3)[C@H](C)[C@@H](O[Si](C)(C)C(C)(C)C)CC1=O)[C@H](C)C[C@@H]2OC. The Labute approximate surface area is 425 Å². The van der Waals surface area contributed by atoms with Crippen molar-refractivity contribution in [3.8, 4) is 0 Å². The zero-order chi connectivity index (χ0) is 52.9. The average molecular weight is 1020 g/mol. The molecule has 2 bridgehead atoms. The normalized spacial score (nSPS) is 36.7. The fourth-order valence-corrected chi connectivity index (χ4v) is 13.5. The molecule has 15 heteroatoms. The summed E-state index contributed by atoms with van der Waals surface area (Å²) in [4.78, 5) is 60.3. The molecule has 1 aliphatic carbocycles. The van der Waals surface area contributed by atoms with Crippen LogP contribution in [0.2, 0.25) is 36.3 Å². The number of hydrogen-bond acceptors (Lipinski definition) is 12. The summed E-state index contributed by atoms with van der Waals surface area (Å²) in [6, 6.07) is -1.10. The van der Waals surface area contributed by atoms with Crippen molar-refractivity contribution in [1.29, 1.82) is 0 Å². The van der Waals surface area contributed by atoms with Crippen LogP contribution in [-0.2, 0) is 51.7 Å². The van der Waals surface area contributed by atoms with Crippen LogP contribution >= 0.6 is 0 Å². The maximum atomic E-state index is 15.0. The topological polar surface area (TPSA) is 156 Å². The fraction of sp³-hybridized carbons (Fsp3) is 0.855. The van der Waals surface area contributed by atoms with Crippen LogP contribution in [0.4, 0.5) is 0 Å². The minimum Gasteiger partial charge on any atom is -0.456 e. The van der Waals surface area contributed by atoms with E-state index in [1.807, 2.05) is 20.8 Å². The van der Waals surface area contributed by atoms with Crippen LogP contribution in [0.15, 0.2) is 23.3 Å². The van der Waals surface area contributed by atoms with Gasteiger partial charge in [-0.05, 0) is 132 Å². The minimum atomic E-state index is -2.54. The highest BCUT2D eigenvalue weighted by Gasteiger charge is 2.57. The Morgan fingerprint density at radius 2 is 1.37 bits per heavy atom. The molecule has 0 aromatic carbocycles. The van der Waals surface area contributed by atoms with Gasteiger partial charge in [0.15, 0.2) is 16.6 Å². The molecule has 1 unspecified atom stereocenters. The van der Waals surface area contributed by atoms with Crippen LogP contribution in [0.5, 0.6) is 0 Å². The van der Waals surface area contributed by atoms with Crippen LogP contribution in [0.25, 0.3) is 0 Å². The first-order chi connectivity index (χ1) is 32.4. The Balaban J connectivity index is 1.87. The number of hydrogen-bond donors (Lipinski definition) is 1. The number of fused-ring (bicyclic) bond motifs is 3. The molecule has 1 N–H and O–H groups in total. The number of nitrogens with zero attached hydrogens (tertiary/aromatic N) is 1. The second-order valence-corrected chi connectivity index (χ2v) is 34.4. The summed E-state index contributed by atoms with van der Waals surface area (Å²) in [7, 11) is 0.260. The van der Waals surface area contributed by atoms with Gasteiger partial charge < -0.3 is 42.5 Å². The number of aliphatic hydroxyl groups is 1. The predicted molar refractivity (Wildman–Crippen MR) is 280 cm³/mol. The zero-order valence-electron chi connectivity index (χ0n) is 47.0. The number of cyclic esters (lactones) is 1. The van der Waals surface area contributed by atoms with E-state index in [0.717, 1.165) is 30.4 Å². The lowest BCUT2D eigenvalue weighted by atomic mass is 9.81. The summed E-state index contributed by atoms with van der Waals surface area (Å²) in [6.07, 6.45) is 6.65. The molecule has 0 aromatic rings. The standard InChI is InChI=1S/C55H97NO12Si2/c1-20-40-28-34(2)27-35(3)29-46(63-14)49-47(64-15)31-37(5)55(61,66-49)50(58)51(59)56-26-22-21-23-41(56)52(60)65-48(38(6)44(33-42(40)57)68-70(18,19)54(10,11)12)36(4)30-39-24-25-43(45(32-39)62-13)67-69(16,17)53(7,8)9/h28,30,35,37-41,43-49,61H,20-27,29,31-33H2,1-19H3/b34-28+,36-30+/t35-,37+,38+,39-,40+,41-,43+,44-,45+,46?,47-,48+,49+,55+/m0/s1. The molecule has 4 aliphatic rings. The maximum absolute atomic E-state index is 15.0. The van der Waals surface area contributed by atoms with E-state index in [1.165, 1.54) is 4.90 Å². The quantitative estimate of drug-likeness (QED) is 0.0958. The van der Waals surface area contributed by atoms with Gasteiger partial charge in [-0.15, -0.1) is 0 Å². The molecule has 13 nitrogen and oxygen atoms in total. The van der Waals surface area contributed by atoms with Gasteiger partial charge in [0.05, 0.1) is 30.5 Å². The van der Waals surface area contributed by atoms with E-state index in [1.54, 1.807) is 28.3 Å². The summed E-state index contributed by atoms with van der Waals surface area (Å²) < 4.78 is 45.4. The molecule has 0 aromatic heterocycles. The molecular formula is C55H97NO12Si2. The number of carbonyl (C=O) groups excluding carboxylic acids is 4. The second-order valence-electron chi connectivity index (χ2n) is 24.9. The monoisotopic (exact) mass is 1020 g/mol. The van der Waals surface area contributed by atoms with Gasteiger partial charge in [-0.2, -0.15) is 0 Å². The first-order valence-corrected chi connectivity index (χ1v) is 32.5. The number of ether oxygens (including phenoxy) is 5. The third-order valence-corrected chi connectivity index (χ3v) is 26.4. The van der Waals surface area contributed by atoms with Gasteiger partial charge in [0.2, 0.25) is 5.79 Å². The Morgan fingerprint density at radius 3 is 1.93 bits per heavy atom. The highest BCUT2D eigenvalue weighted by atomic mass is 28.4. The van der Waals surface area contributed by atoms with E-state index >= 15 is 4.79 Å². The van der Waals surface area contributed by atoms with Crippen molar-refractivity contribution >= 4 is 40.1 Å². The smallest absolute Gasteiger partial charge is 0.329 e. The molecule has 3 aliphatic heterocycles. The number of amides is 1. The molecule has 2 saturated heterocycles. The van der Waals surface area contributed by atoms with E-state index in [-0.39, 0.29) is 71.6 Å². The van der Waals surface area contributed by atoms with Crippen molar-refractivity contribution in [3.63, 3.8) is 0 Å². The van der Waals surface area contributed by atoms with E-state index in [0.29, 0.717) is 32.1 Å². The molecule has 3 fully saturated rings. The number of Topliss-reactive ketones (excluding diaryl/α,β-unsaturated/α-hetero) is 2. The van der Waals surface area contributed by atoms with E-state index in [4.69, 9.17) is 32.5 Å². The van der Waals surface area contributed by atoms with E-state index in [9.17, 15) is 19.5 Å². The first kappa shape index (κ1) is 60.5. The lowest BCUT2D eigenvalue weighted by Crippen LogP contribution is -2.64. The third kappa shape index (κ3) is 14.4. The number of methoxy groups -OCH3 is 3. The molecule has 3 heterocycles. The molecule has 70 heavy (non-hydrogen) atoms. The van der Waals surface area contributed by atoms with Crippen molar-refractivity contribution in [2.45, 2.75) is 245 Å². The Kier molecular flexibility index (Phi) is 21.2. The number of piperidine rings is 1. The van der Waals surface area contributed by atoms with E-state index < -0.39 is 88.5 Å². The summed E-state index contributed by atoms with van der Waals surface area (Å²) in [5, 5.41) is 12.1. The third-order valence-electron chi connectivity index (χ3n) is 17.3. The second kappa shape index (κ2) is 24.5. The minimum absolute atomic E-state index is 0.0335. The summed E-state index contributed by atoms with van der Waals surface area (Å²) in [6.45, 7) is 34.2. The summed E-state index contributed by atoms with van der Waals surface area (Å²) >= 11 is 0. The van der Waals surface area contributed by atoms with Gasteiger partial charge in [0.25, 0.3) is 11.7 Å². The van der Waals surface area contributed by atoms with Crippen LogP contribution in [-0.4, -0.2) is 133 Å². The van der Waals surface area contributed by atoms with Gasteiger partial charge in [0, 0.05) is 52.0 Å². The summed E-state index contributed by atoms with van der Waals surface area (Å²) in [5.74, 6) is -6.72. The van der Waals surface area contributed by atoms with Gasteiger partial charge in [-0.25, -0.2) is 4.79 Å². The van der Waals surface area contributed by atoms with Crippen molar-refractivity contribution in [3.05, 3.63) is 23.3 Å². The molecule has 14 atom stereocenters. The van der Waals surface area contributed by atoms with Crippen molar-refractivity contribution in [2.75, 3.05) is 27.9 Å². The molecular weight excluding hydrogens is 923 g/mol. The Hall–Kier alpha value is -2.09. The number of carbonyl (C=O) groups is 4. The van der Waals surface area contributed by atoms with Gasteiger partial charge in [0.1, 0.15) is 24.0 Å². The number of allylic oxidation sites excluding steroid dienone is 3. The Bertz CT molecular complexity index is 1850. The molecule has 402 valence electrons. The van der Waals surface area contributed by atoms with Crippen molar-refractivity contribution < 1.29 is 56.8 Å². The highest BCUT2D eigenvalue weighted by molar-refractivity contribution is 6.74. The molecule has 4 rings (SSSR count). The van der Waals surface area contributed by atoms with Crippen LogP contribution < -0.4 is 0 Å². The highest BCUT2D eigenvalue weighted by Crippen LogP contribution is 2.44. The predicted octanol–water partition coefficient (Wildman–Crippen LogP) is 10.5. The molecule has 0 spiro atoms. The van der Waals surface area contributed by atoms with Crippen LogP contribution in [0, 0.1) is 29.6 Å². The molecule has 1 amide bonds. The van der Waals surface area contributed by atoms with Crippen molar-refractivity contribution in [1.82, 2.24) is 4.90 Å². The van der Waals surface area contributed by atoms with Crippen molar-refractivity contribution in [2.24, 2.45) is 29.6 Å². The fourth-order valence-electron chi connectivity index (χ4n) is 10.8. The molecule has 0 radical (unpaired) electrons. The van der Waals surface area contributed by atoms with E-state index in [2.05, 4.69) is 93.7 Å². The Morgan fingerprint density at radius 1 is 0.800 bits per heavy atom. The van der Waals surface area contributed by atoms with Gasteiger partial charge >= 0.3 is 5.97 Å². The first-order valence-electron chi connectivity index (χ1n) is 26.6. The van der Waals surface area contributed by atoms with Crippen LogP contribution in [0.3, 0.4) is 0 Å². The average Bonchev–Trinajstić information content (AvgIpc) is 3.27. The number of rotatable bonds is 10. The lowest BCUT2D eigenvalue weighted by Gasteiger charge is -2.47. The van der Waals surface area contributed by atoms with Gasteiger partial charge in [-0.3, -0.25) is 14.4 Å². The lowest BCUT2D eigenvalue weighted by molar-refractivity contribution is -0.302. The maximum Gasteiger partial charge on any atom is 0.329 e. The number of esters is 1. The summed E-state index contributed by atoms with van der Waals surface area (Å²) in [5.41, 5.74) is 1.88. The number of ketones is 2.